The van der Waals surface area contributed by atoms with Crippen LogP contribution in [0.2, 0.25) is 0 Å². The molecule has 1 aliphatic carbocycles. The number of hydrogen-bond acceptors (Lipinski definition) is 5. The molecule has 0 bridgehead atoms. The lowest BCUT2D eigenvalue weighted by Gasteiger charge is -2.21. The lowest BCUT2D eigenvalue weighted by molar-refractivity contribution is -0.154. The van der Waals surface area contributed by atoms with E-state index in [1.54, 1.807) is 31.2 Å². The molecule has 1 aromatic carbocycles. The number of ether oxygens (including phenoxy) is 2. The quantitative estimate of drug-likeness (QED) is 0.790. The molecule has 0 saturated heterocycles. The van der Waals surface area contributed by atoms with Gasteiger partial charge in [0.2, 0.25) is 0 Å². The number of carbonyl (C=O) groups is 2. The topological polar surface area (TPSA) is 88.4 Å². The highest BCUT2D eigenvalue weighted by atomic mass is 16.6. The van der Waals surface area contributed by atoms with Crippen LogP contribution in [-0.4, -0.2) is 30.6 Å². The van der Waals surface area contributed by atoms with Gasteiger partial charge in [0.15, 0.2) is 12.7 Å². The smallest absolute Gasteiger partial charge is 0.347 e. The number of benzene rings is 1. The van der Waals surface area contributed by atoms with Gasteiger partial charge in [-0.1, -0.05) is 32.1 Å². The maximum absolute atomic E-state index is 12.0. The third-order valence-corrected chi connectivity index (χ3v) is 4.44. The van der Waals surface area contributed by atoms with E-state index in [0.717, 1.165) is 25.7 Å². The second kappa shape index (κ2) is 10.4. The first-order chi connectivity index (χ1) is 12.6. The molecule has 0 aliphatic heterocycles. The zero-order valence-electron chi connectivity index (χ0n) is 15.2. The summed E-state index contributed by atoms with van der Waals surface area (Å²) in [6.45, 7) is 1.27. The molecule has 1 saturated carbocycles. The van der Waals surface area contributed by atoms with Gasteiger partial charge in [0, 0.05) is 6.04 Å². The maximum Gasteiger partial charge on any atom is 0.347 e. The van der Waals surface area contributed by atoms with Gasteiger partial charge in [0.25, 0.3) is 5.91 Å². The molecule has 1 aromatic rings. The molecule has 2 rings (SSSR count). The summed E-state index contributed by atoms with van der Waals surface area (Å²) in [4.78, 5) is 24.0. The molecule has 1 aliphatic rings. The Morgan fingerprint density at radius 2 is 1.77 bits per heavy atom. The third kappa shape index (κ3) is 6.75. The SMILES string of the molecule is CC(Oc1ccc(C#N)cc1)C(=O)OCC(=O)NC1CCCCCCC1. The Kier molecular flexibility index (Phi) is 7.94. The number of hydrogen-bond donors (Lipinski definition) is 1. The number of amides is 1. The van der Waals surface area contributed by atoms with Crippen molar-refractivity contribution in [3.63, 3.8) is 0 Å². The van der Waals surface area contributed by atoms with Crippen LogP contribution in [0.3, 0.4) is 0 Å². The average molecular weight is 358 g/mol. The Bertz CT molecular complexity index is 628. The molecule has 6 nitrogen and oxygen atoms in total. The zero-order valence-corrected chi connectivity index (χ0v) is 15.2. The van der Waals surface area contributed by atoms with Crippen molar-refractivity contribution in [1.29, 1.82) is 5.26 Å². The maximum atomic E-state index is 12.0. The largest absolute Gasteiger partial charge is 0.479 e. The van der Waals surface area contributed by atoms with E-state index in [1.165, 1.54) is 19.3 Å². The Morgan fingerprint density at radius 1 is 1.15 bits per heavy atom. The van der Waals surface area contributed by atoms with Gasteiger partial charge >= 0.3 is 5.97 Å². The summed E-state index contributed by atoms with van der Waals surface area (Å²) in [5.74, 6) is -0.399. The van der Waals surface area contributed by atoms with Crippen molar-refractivity contribution in [1.82, 2.24) is 5.32 Å². The lowest BCUT2D eigenvalue weighted by atomic mass is 9.97. The molecule has 1 atom stereocenters. The first-order valence-electron chi connectivity index (χ1n) is 9.21. The number of nitriles is 1. The predicted octanol–water partition coefficient (Wildman–Crippen LogP) is 3.10. The predicted molar refractivity (Wildman–Crippen MR) is 96.5 cm³/mol. The van der Waals surface area contributed by atoms with E-state index in [9.17, 15) is 9.59 Å². The fourth-order valence-corrected chi connectivity index (χ4v) is 2.98. The minimum atomic E-state index is -0.836. The summed E-state index contributed by atoms with van der Waals surface area (Å²) in [5.41, 5.74) is 0.512. The van der Waals surface area contributed by atoms with Crippen molar-refractivity contribution < 1.29 is 19.1 Å². The van der Waals surface area contributed by atoms with E-state index in [0.29, 0.717) is 11.3 Å². The van der Waals surface area contributed by atoms with Crippen LogP contribution >= 0.6 is 0 Å². The minimum Gasteiger partial charge on any atom is -0.479 e. The number of nitrogens with one attached hydrogen (secondary N) is 1. The van der Waals surface area contributed by atoms with Crippen molar-refractivity contribution >= 4 is 11.9 Å². The Hall–Kier alpha value is -2.55. The average Bonchev–Trinajstić information content (AvgIpc) is 2.62. The number of nitrogens with zero attached hydrogens (tertiary/aromatic N) is 1. The van der Waals surface area contributed by atoms with Crippen molar-refractivity contribution in [2.75, 3.05) is 6.61 Å². The molecule has 0 heterocycles. The second-order valence-corrected chi connectivity index (χ2v) is 6.61. The Morgan fingerprint density at radius 3 is 2.38 bits per heavy atom. The van der Waals surface area contributed by atoms with Crippen molar-refractivity contribution in [2.24, 2.45) is 0 Å². The van der Waals surface area contributed by atoms with Crippen LogP contribution in [0.1, 0.15) is 57.4 Å². The molecule has 0 aromatic heterocycles. The van der Waals surface area contributed by atoms with Crippen LogP contribution in [-0.2, 0) is 14.3 Å². The molecule has 1 amide bonds. The molecular weight excluding hydrogens is 332 g/mol. The van der Waals surface area contributed by atoms with Gasteiger partial charge in [-0.2, -0.15) is 5.26 Å². The summed E-state index contributed by atoms with van der Waals surface area (Å²) in [7, 11) is 0. The van der Waals surface area contributed by atoms with Crippen LogP contribution in [0.15, 0.2) is 24.3 Å². The number of esters is 1. The Labute approximate surface area is 154 Å². The molecule has 0 radical (unpaired) electrons. The fourth-order valence-electron chi connectivity index (χ4n) is 2.98. The molecule has 26 heavy (non-hydrogen) atoms. The summed E-state index contributed by atoms with van der Waals surface area (Å²) in [5, 5.41) is 11.7. The molecule has 1 unspecified atom stereocenters. The van der Waals surface area contributed by atoms with E-state index in [2.05, 4.69) is 5.32 Å². The van der Waals surface area contributed by atoms with E-state index in [-0.39, 0.29) is 18.6 Å². The standard InChI is InChI=1S/C20H26N2O4/c1-15(26-18-11-9-16(13-21)10-12-18)20(24)25-14-19(23)22-17-7-5-3-2-4-6-8-17/h9-12,15,17H,2-8,14H2,1H3,(H,22,23). The zero-order chi connectivity index (χ0) is 18.8. The molecule has 6 heteroatoms. The summed E-state index contributed by atoms with van der Waals surface area (Å²) < 4.78 is 10.5. The van der Waals surface area contributed by atoms with Crippen LogP contribution < -0.4 is 10.1 Å². The first-order valence-corrected chi connectivity index (χ1v) is 9.21. The highest BCUT2D eigenvalue weighted by molar-refractivity contribution is 5.82. The van der Waals surface area contributed by atoms with E-state index >= 15 is 0 Å². The van der Waals surface area contributed by atoms with Gasteiger partial charge in [0.05, 0.1) is 11.6 Å². The second-order valence-electron chi connectivity index (χ2n) is 6.61. The number of rotatable bonds is 6. The summed E-state index contributed by atoms with van der Waals surface area (Å²) in [6.07, 6.45) is 7.08. The lowest BCUT2D eigenvalue weighted by Crippen LogP contribution is -2.39. The van der Waals surface area contributed by atoms with E-state index < -0.39 is 12.1 Å². The third-order valence-electron chi connectivity index (χ3n) is 4.44. The monoisotopic (exact) mass is 358 g/mol. The van der Waals surface area contributed by atoms with Gasteiger partial charge in [0.1, 0.15) is 5.75 Å². The van der Waals surface area contributed by atoms with E-state index in [4.69, 9.17) is 14.7 Å². The van der Waals surface area contributed by atoms with Crippen LogP contribution in [0.25, 0.3) is 0 Å². The van der Waals surface area contributed by atoms with Crippen LogP contribution in [0.5, 0.6) is 5.75 Å². The highest BCUT2D eigenvalue weighted by Crippen LogP contribution is 2.17. The molecular formula is C20H26N2O4. The van der Waals surface area contributed by atoms with Crippen LogP contribution in [0.4, 0.5) is 0 Å². The van der Waals surface area contributed by atoms with Crippen molar-refractivity contribution in [3.05, 3.63) is 29.8 Å². The molecule has 140 valence electrons. The van der Waals surface area contributed by atoms with E-state index in [1.807, 2.05) is 6.07 Å². The number of carbonyl (C=O) groups excluding carboxylic acids is 2. The normalized spacial score (nSPS) is 16.5. The van der Waals surface area contributed by atoms with Gasteiger partial charge in [-0.15, -0.1) is 0 Å². The molecule has 0 spiro atoms. The van der Waals surface area contributed by atoms with Crippen molar-refractivity contribution in [2.45, 2.75) is 64.0 Å². The summed E-state index contributed by atoms with van der Waals surface area (Å²) >= 11 is 0. The van der Waals surface area contributed by atoms with Gasteiger partial charge < -0.3 is 14.8 Å². The van der Waals surface area contributed by atoms with Gasteiger partial charge in [-0.3, -0.25) is 4.79 Å². The summed E-state index contributed by atoms with van der Waals surface area (Å²) in [6, 6.07) is 8.63. The van der Waals surface area contributed by atoms with Crippen LogP contribution in [0, 0.1) is 11.3 Å². The Balaban J connectivity index is 1.72. The fraction of sp³-hybridized carbons (Fsp3) is 0.550. The molecule has 1 N–H and O–H groups in total. The van der Waals surface area contributed by atoms with Crippen molar-refractivity contribution in [3.8, 4) is 11.8 Å². The molecule has 1 fully saturated rings. The highest BCUT2D eigenvalue weighted by Gasteiger charge is 2.19. The first kappa shape index (κ1) is 19.8. The van der Waals surface area contributed by atoms with Gasteiger partial charge in [-0.05, 0) is 44.0 Å². The minimum absolute atomic E-state index is 0.175. The van der Waals surface area contributed by atoms with Gasteiger partial charge in [-0.25, -0.2) is 4.79 Å².